The van der Waals surface area contributed by atoms with Gasteiger partial charge in [-0.15, -0.1) is 22.7 Å². The van der Waals surface area contributed by atoms with E-state index in [9.17, 15) is 10.2 Å². The van der Waals surface area contributed by atoms with Crippen molar-refractivity contribution in [3.05, 3.63) is 58.3 Å². The van der Waals surface area contributed by atoms with Crippen molar-refractivity contribution in [3.8, 4) is 23.3 Å². The first kappa shape index (κ1) is 13.2. The molecule has 0 amide bonds. The number of hydrogen-bond acceptors (Lipinski definition) is 4. The molecule has 0 fully saturated rings. The van der Waals surface area contributed by atoms with Crippen molar-refractivity contribution in [2.24, 2.45) is 0 Å². The molecule has 0 aliphatic carbocycles. The Labute approximate surface area is 134 Å². The lowest BCUT2D eigenvalue weighted by molar-refractivity contribution is 0.481. The van der Waals surface area contributed by atoms with Crippen LogP contribution in [0.4, 0.5) is 0 Å². The number of rotatable bonds is 0. The lowest BCUT2D eigenvalue weighted by Gasteiger charge is -1.89. The van der Waals surface area contributed by atoms with Crippen LogP contribution in [0.2, 0.25) is 0 Å². The standard InChI is InChI=1S/C18H10O2S2/c19-17-11-5-1-3-7-13(11)21-15(17)9-10-16-18(20)12-6-2-4-8-14(12)22-16/h1-8,19-20H. The lowest BCUT2D eigenvalue weighted by atomic mass is 10.2. The molecule has 22 heavy (non-hydrogen) atoms. The normalized spacial score (nSPS) is 10.7. The van der Waals surface area contributed by atoms with Gasteiger partial charge in [0, 0.05) is 20.2 Å². The molecule has 0 aliphatic heterocycles. The molecule has 106 valence electrons. The Morgan fingerprint density at radius 2 is 1.05 bits per heavy atom. The van der Waals surface area contributed by atoms with Crippen LogP contribution < -0.4 is 0 Å². The first-order valence-corrected chi connectivity index (χ1v) is 8.30. The van der Waals surface area contributed by atoms with Crippen LogP contribution in [0, 0.1) is 11.8 Å². The molecule has 4 heteroatoms. The minimum Gasteiger partial charge on any atom is -0.505 e. The minimum atomic E-state index is 0.216. The number of hydrogen-bond donors (Lipinski definition) is 2. The quantitative estimate of drug-likeness (QED) is 0.451. The van der Waals surface area contributed by atoms with E-state index in [1.165, 1.54) is 22.7 Å². The molecule has 0 unspecified atom stereocenters. The molecule has 0 spiro atoms. The molecule has 4 aromatic rings. The van der Waals surface area contributed by atoms with Gasteiger partial charge < -0.3 is 10.2 Å². The van der Waals surface area contributed by atoms with Gasteiger partial charge in [-0.1, -0.05) is 24.3 Å². The van der Waals surface area contributed by atoms with Crippen molar-refractivity contribution >= 4 is 42.8 Å². The maximum Gasteiger partial charge on any atom is 0.149 e. The first-order valence-electron chi connectivity index (χ1n) is 6.67. The summed E-state index contributed by atoms with van der Waals surface area (Å²) in [6.45, 7) is 0. The molecule has 0 saturated heterocycles. The SMILES string of the molecule is Oc1c(C#Cc2sc3ccccc3c2O)sc2ccccc12. The summed E-state index contributed by atoms with van der Waals surface area (Å²) in [5, 5.41) is 22.1. The highest BCUT2D eigenvalue weighted by Crippen LogP contribution is 2.38. The highest BCUT2D eigenvalue weighted by atomic mass is 32.1. The van der Waals surface area contributed by atoms with E-state index in [4.69, 9.17) is 0 Å². The zero-order valence-electron chi connectivity index (χ0n) is 11.3. The molecule has 2 aromatic carbocycles. The number of thiophene rings is 2. The van der Waals surface area contributed by atoms with E-state index in [-0.39, 0.29) is 11.5 Å². The zero-order valence-corrected chi connectivity index (χ0v) is 13.0. The van der Waals surface area contributed by atoms with Crippen LogP contribution in [0.25, 0.3) is 20.2 Å². The van der Waals surface area contributed by atoms with E-state index < -0.39 is 0 Å². The third-order valence-electron chi connectivity index (χ3n) is 3.43. The minimum absolute atomic E-state index is 0.216. The molecule has 0 aliphatic rings. The van der Waals surface area contributed by atoms with Gasteiger partial charge in [-0.25, -0.2) is 0 Å². The largest absolute Gasteiger partial charge is 0.505 e. The predicted octanol–water partition coefficient (Wildman–Crippen LogP) is 4.93. The fourth-order valence-corrected chi connectivity index (χ4v) is 4.25. The third-order valence-corrected chi connectivity index (χ3v) is 5.58. The molecular weight excluding hydrogens is 312 g/mol. The highest BCUT2D eigenvalue weighted by Gasteiger charge is 2.10. The average molecular weight is 322 g/mol. The maximum atomic E-state index is 10.2. The van der Waals surface area contributed by atoms with Crippen molar-refractivity contribution < 1.29 is 10.2 Å². The van der Waals surface area contributed by atoms with Gasteiger partial charge in [-0.2, -0.15) is 0 Å². The highest BCUT2D eigenvalue weighted by molar-refractivity contribution is 7.20. The van der Waals surface area contributed by atoms with Crippen LogP contribution in [0.3, 0.4) is 0 Å². The Hall–Kier alpha value is -2.48. The molecule has 4 rings (SSSR count). The van der Waals surface area contributed by atoms with Crippen molar-refractivity contribution in [2.75, 3.05) is 0 Å². The fourth-order valence-electron chi connectivity index (χ4n) is 2.35. The van der Waals surface area contributed by atoms with Crippen LogP contribution in [0.1, 0.15) is 9.75 Å². The smallest absolute Gasteiger partial charge is 0.149 e. The van der Waals surface area contributed by atoms with E-state index in [0.29, 0.717) is 9.75 Å². The number of benzene rings is 2. The summed E-state index contributed by atoms with van der Waals surface area (Å²) < 4.78 is 2.01. The Morgan fingerprint density at radius 1 is 0.636 bits per heavy atom. The molecule has 2 aromatic heterocycles. The summed E-state index contributed by atoms with van der Waals surface area (Å²) in [6, 6.07) is 15.3. The summed E-state index contributed by atoms with van der Waals surface area (Å²) in [5.74, 6) is 6.41. The second-order valence-corrected chi connectivity index (χ2v) is 6.91. The second kappa shape index (κ2) is 5.06. The van der Waals surface area contributed by atoms with E-state index in [0.717, 1.165) is 20.2 Å². The average Bonchev–Trinajstić information content (AvgIpc) is 3.04. The van der Waals surface area contributed by atoms with Crippen molar-refractivity contribution in [3.63, 3.8) is 0 Å². The van der Waals surface area contributed by atoms with E-state index >= 15 is 0 Å². The summed E-state index contributed by atoms with van der Waals surface area (Å²) in [7, 11) is 0. The first-order chi connectivity index (χ1) is 10.7. The van der Waals surface area contributed by atoms with Gasteiger partial charge in [0.15, 0.2) is 0 Å². The summed E-state index contributed by atoms with van der Waals surface area (Å²) in [5.41, 5.74) is 0. The molecule has 0 saturated carbocycles. The molecule has 0 bridgehead atoms. The molecule has 2 heterocycles. The number of fused-ring (bicyclic) bond motifs is 2. The van der Waals surface area contributed by atoms with Gasteiger partial charge in [0.1, 0.15) is 21.3 Å². The van der Waals surface area contributed by atoms with E-state index in [1.807, 2.05) is 48.5 Å². The van der Waals surface area contributed by atoms with Gasteiger partial charge >= 0.3 is 0 Å². The van der Waals surface area contributed by atoms with Crippen molar-refractivity contribution in [1.29, 1.82) is 0 Å². The fraction of sp³-hybridized carbons (Fsp3) is 0. The summed E-state index contributed by atoms with van der Waals surface area (Å²) in [4.78, 5) is 1.25. The van der Waals surface area contributed by atoms with Crippen LogP contribution in [-0.2, 0) is 0 Å². The van der Waals surface area contributed by atoms with Gasteiger partial charge in [0.05, 0.1) is 0 Å². The Balaban J connectivity index is 1.83. The topological polar surface area (TPSA) is 40.5 Å². The van der Waals surface area contributed by atoms with Crippen LogP contribution in [0.5, 0.6) is 11.5 Å². The molecule has 2 N–H and O–H groups in total. The molecule has 0 atom stereocenters. The van der Waals surface area contributed by atoms with E-state index in [2.05, 4.69) is 11.8 Å². The predicted molar refractivity (Wildman–Crippen MR) is 93.0 cm³/mol. The zero-order chi connectivity index (χ0) is 15.1. The monoisotopic (exact) mass is 322 g/mol. The van der Waals surface area contributed by atoms with Gasteiger partial charge in [-0.3, -0.25) is 0 Å². The third kappa shape index (κ3) is 2.03. The summed E-state index contributed by atoms with van der Waals surface area (Å²) in [6.07, 6.45) is 0. The van der Waals surface area contributed by atoms with Crippen LogP contribution in [-0.4, -0.2) is 10.2 Å². The Bertz CT molecular complexity index is 977. The molecule has 0 radical (unpaired) electrons. The maximum absolute atomic E-state index is 10.2. The number of aromatic hydroxyl groups is 2. The van der Waals surface area contributed by atoms with Gasteiger partial charge in [-0.05, 0) is 36.1 Å². The van der Waals surface area contributed by atoms with Crippen LogP contribution >= 0.6 is 22.7 Å². The Kier molecular flexibility index (Phi) is 3.04. The van der Waals surface area contributed by atoms with Crippen molar-refractivity contribution in [1.82, 2.24) is 0 Å². The summed E-state index contributed by atoms with van der Waals surface area (Å²) >= 11 is 2.91. The van der Waals surface area contributed by atoms with Crippen LogP contribution in [0.15, 0.2) is 48.5 Å². The molecule has 2 nitrogen and oxygen atoms in total. The van der Waals surface area contributed by atoms with E-state index in [1.54, 1.807) is 0 Å². The van der Waals surface area contributed by atoms with Gasteiger partial charge in [0.2, 0.25) is 0 Å². The van der Waals surface area contributed by atoms with Gasteiger partial charge in [0.25, 0.3) is 0 Å². The lowest BCUT2D eigenvalue weighted by Crippen LogP contribution is -1.69. The second-order valence-electron chi connectivity index (χ2n) is 4.80. The Morgan fingerprint density at radius 3 is 1.45 bits per heavy atom. The van der Waals surface area contributed by atoms with Crippen molar-refractivity contribution in [2.45, 2.75) is 0 Å². The molecular formula is C18H10O2S2.